The van der Waals surface area contributed by atoms with Crippen molar-refractivity contribution in [3.05, 3.63) is 58.6 Å². The van der Waals surface area contributed by atoms with Gasteiger partial charge in [-0.3, -0.25) is 0 Å². The summed E-state index contributed by atoms with van der Waals surface area (Å²) in [5, 5.41) is 12.3. The van der Waals surface area contributed by atoms with Crippen LogP contribution in [0, 0.1) is 5.92 Å². The maximum atomic E-state index is 13.1. The highest BCUT2D eigenvalue weighted by atomic mass is 79.9. The van der Waals surface area contributed by atoms with Crippen LogP contribution in [0.3, 0.4) is 0 Å². The number of carbonyl (C=O) groups excluding carboxylic acids is 1. The number of urea groups is 1. The van der Waals surface area contributed by atoms with Crippen molar-refractivity contribution in [2.75, 3.05) is 31.6 Å². The summed E-state index contributed by atoms with van der Waals surface area (Å²) in [6.07, 6.45) is 3.76. The number of anilines is 1. The molecule has 198 valence electrons. The van der Waals surface area contributed by atoms with Gasteiger partial charge in [0.2, 0.25) is 0 Å². The van der Waals surface area contributed by atoms with E-state index in [0.717, 1.165) is 41.4 Å². The summed E-state index contributed by atoms with van der Waals surface area (Å²) in [5.41, 5.74) is 1.61. The highest BCUT2D eigenvalue weighted by Crippen LogP contribution is 2.19. The Morgan fingerprint density at radius 1 is 1.00 bits per heavy atom. The molecule has 0 saturated heterocycles. The van der Waals surface area contributed by atoms with E-state index in [9.17, 15) is 14.7 Å². The Kier molecular flexibility index (Phi) is 13.4. The van der Waals surface area contributed by atoms with Crippen LogP contribution in [0.15, 0.2) is 53.0 Å². The van der Waals surface area contributed by atoms with Crippen LogP contribution in [0.1, 0.15) is 52.0 Å². The van der Waals surface area contributed by atoms with Gasteiger partial charge in [-0.25, -0.2) is 9.59 Å². The number of benzene rings is 2. The number of ether oxygens (including phenoxy) is 2. The number of carboxylic acids is 1. The lowest BCUT2D eigenvalue weighted by molar-refractivity contribution is -0.149. The number of halogens is 1. The number of carbonyl (C=O) groups is 2. The highest BCUT2D eigenvalue weighted by Gasteiger charge is 2.20. The molecule has 0 aromatic heterocycles. The SMILES string of the molecule is CCCC(CCC)CN(CCOc1ccc(CC(OCC)C(=O)O)cc1)C(=O)Nc1ccc(Br)cc1. The van der Waals surface area contributed by atoms with Crippen molar-refractivity contribution >= 4 is 33.6 Å². The first-order chi connectivity index (χ1) is 17.4. The molecule has 0 saturated carbocycles. The Labute approximate surface area is 223 Å². The lowest BCUT2D eigenvalue weighted by Crippen LogP contribution is -2.41. The molecule has 0 aliphatic carbocycles. The van der Waals surface area contributed by atoms with Crippen LogP contribution in [0.2, 0.25) is 0 Å². The molecule has 2 rings (SSSR count). The molecule has 0 heterocycles. The maximum Gasteiger partial charge on any atom is 0.333 e. The molecule has 0 fully saturated rings. The highest BCUT2D eigenvalue weighted by molar-refractivity contribution is 9.10. The number of rotatable bonds is 16. The zero-order valence-electron chi connectivity index (χ0n) is 21.5. The lowest BCUT2D eigenvalue weighted by Gasteiger charge is -2.28. The zero-order chi connectivity index (χ0) is 26.3. The van der Waals surface area contributed by atoms with Crippen molar-refractivity contribution in [3.63, 3.8) is 0 Å². The van der Waals surface area contributed by atoms with Gasteiger partial charge in [0.1, 0.15) is 12.4 Å². The zero-order valence-corrected chi connectivity index (χ0v) is 23.1. The smallest absolute Gasteiger partial charge is 0.333 e. The average molecular weight is 564 g/mol. The molecule has 0 bridgehead atoms. The predicted octanol–water partition coefficient (Wildman–Crippen LogP) is 6.61. The largest absolute Gasteiger partial charge is 0.492 e. The van der Waals surface area contributed by atoms with Gasteiger partial charge in [-0.1, -0.05) is 54.8 Å². The molecule has 8 heteroatoms. The third kappa shape index (κ3) is 10.6. The van der Waals surface area contributed by atoms with Crippen molar-refractivity contribution in [2.24, 2.45) is 5.92 Å². The monoisotopic (exact) mass is 562 g/mol. The number of hydrogen-bond acceptors (Lipinski definition) is 4. The molecule has 0 aliphatic heterocycles. The standard InChI is InChI=1S/C28H39BrN2O5/c1-4-7-22(8-5-2)20-31(28(34)30-24-13-11-23(29)12-14-24)17-18-36-25-15-9-21(10-16-25)19-26(27(32)33)35-6-3/h9-16,22,26H,4-8,17-20H2,1-3H3,(H,30,34)(H,32,33). The summed E-state index contributed by atoms with van der Waals surface area (Å²) in [6.45, 7) is 7.97. The van der Waals surface area contributed by atoms with Crippen LogP contribution < -0.4 is 10.1 Å². The number of carboxylic acid groups (broad SMARTS) is 1. The van der Waals surface area contributed by atoms with Crippen molar-refractivity contribution in [3.8, 4) is 5.75 Å². The number of hydrogen-bond donors (Lipinski definition) is 2. The van der Waals surface area contributed by atoms with Crippen molar-refractivity contribution < 1.29 is 24.2 Å². The van der Waals surface area contributed by atoms with E-state index < -0.39 is 12.1 Å². The Hall–Kier alpha value is -2.58. The van der Waals surface area contributed by atoms with Crippen LogP contribution in [0.4, 0.5) is 10.5 Å². The Bertz CT molecular complexity index is 915. The fraction of sp³-hybridized carbons (Fsp3) is 0.500. The molecule has 7 nitrogen and oxygen atoms in total. The summed E-state index contributed by atoms with van der Waals surface area (Å²) >= 11 is 3.42. The van der Waals surface area contributed by atoms with Crippen LogP contribution in [0.25, 0.3) is 0 Å². The molecule has 36 heavy (non-hydrogen) atoms. The number of aliphatic carboxylic acids is 1. The molecule has 0 aliphatic rings. The van der Waals surface area contributed by atoms with Gasteiger partial charge in [0, 0.05) is 29.7 Å². The van der Waals surface area contributed by atoms with Crippen molar-refractivity contribution in [2.45, 2.75) is 59.0 Å². The molecule has 1 unspecified atom stereocenters. The number of amides is 2. The number of nitrogens with zero attached hydrogens (tertiary/aromatic N) is 1. The fourth-order valence-electron chi connectivity index (χ4n) is 4.09. The first kappa shape index (κ1) is 29.6. The summed E-state index contributed by atoms with van der Waals surface area (Å²) < 4.78 is 12.2. The second-order valence-corrected chi connectivity index (χ2v) is 9.72. The van der Waals surface area contributed by atoms with Crippen molar-refractivity contribution in [1.29, 1.82) is 0 Å². The summed E-state index contributed by atoms with van der Waals surface area (Å²) in [7, 11) is 0. The molecule has 2 aromatic rings. The molecule has 0 spiro atoms. The van der Waals surface area contributed by atoms with E-state index in [1.807, 2.05) is 53.4 Å². The minimum Gasteiger partial charge on any atom is -0.492 e. The summed E-state index contributed by atoms with van der Waals surface area (Å²) in [4.78, 5) is 26.3. The quantitative estimate of drug-likeness (QED) is 0.240. The average Bonchev–Trinajstić information content (AvgIpc) is 2.85. The van der Waals surface area contributed by atoms with Gasteiger partial charge in [0.15, 0.2) is 6.10 Å². The van der Waals surface area contributed by atoms with E-state index in [2.05, 4.69) is 35.1 Å². The molecule has 2 N–H and O–H groups in total. The van der Waals surface area contributed by atoms with E-state index in [0.29, 0.717) is 44.4 Å². The van der Waals surface area contributed by atoms with E-state index in [1.165, 1.54) is 0 Å². The van der Waals surface area contributed by atoms with Gasteiger partial charge < -0.3 is 24.8 Å². The van der Waals surface area contributed by atoms with Gasteiger partial charge in [-0.15, -0.1) is 0 Å². The second kappa shape index (κ2) is 16.2. The first-order valence-electron chi connectivity index (χ1n) is 12.7. The topological polar surface area (TPSA) is 88.1 Å². The molecular formula is C28H39BrN2O5. The minimum absolute atomic E-state index is 0.135. The van der Waals surface area contributed by atoms with Crippen LogP contribution >= 0.6 is 15.9 Å². The molecule has 1 atom stereocenters. The Morgan fingerprint density at radius 2 is 1.64 bits per heavy atom. The molecule has 2 aromatic carbocycles. The van der Waals surface area contributed by atoms with Crippen LogP contribution in [-0.4, -0.2) is 54.4 Å². The van der Waals surface area contributed by atoms with Gasteiger partial charge in [-0.2, -0.15) is 0 Å². The molecular weight excluding hydrogens is 524 g/mol. The second-order valence-electron chi connectivity index (χ2n) is 8.81. The van der Waals surface area contributed by atoms with E-state index in [-0.39, 0.29) is 6.03 Å². The van der Waals surface area contributed by atoms with Crippen LogP contribution in [0.5, 0.6) is 5.75 Å². The Morgan fingerprint density at radius 3 is 2.19 bits per heavy atom. The predicted molar refractivity (Wildman–Crippen MR) is 147 cm³/mol. The Balaban J connectivity index is 1.99. The maximum absolute atomic E-state index is 13.1. The van der Waals surface area contributed by atoms with Gasteiger partial charge in [0.25, 0.3) is 0 Å². The van der Waals surface area contributed by atoms with Crippen molar-refractivity contribution in [1.82, 2.24) is 4.90 Å². The minimum atomic E-state index is -0.969. The third-order valence-electron chi connectivity index (χ3n) is 5.87. The summed E-state index contributed by atoms with van der Waals surface area (Å²) in [6, 6.07) is 14.7. The van der Waals surface area contributed by atoms with E-state index >= 15 is 0 Å². The van der Waals surface area contributed by atoms with Gasteiger partial charge >= 0.3 is 12.0 Å². The van der Waals surface area contributed by atoms with Gasteiger partial charge in [-0.05, 0) is 67.6 Å². The normalized spacial score (nSPS) is 11.8. The third-order valence-corrected chi connectivity index (χ3v) is 6.40. The molecule has 0 radical (unpaired) electrons. The van der Waals surface area contributed by atoms with Crippen LogP contribution in [-0.2, 0) is 16.0 Å². The lowest BCUT2D eigenvalue weighted by atomic mass is 9.98. The number of nitrogens with one attached hydrogen (secondary N) is 1. The summed E-state index contributed by atoms with van der Waals surface area (Å²) in [5.74, 6) is 0.152. The molecule has 2 amide bonds. The van der Waals surface area contributed by atoms with Gasteiger partial charge in [0.05, 0.1) is 6.54 Å². The van der Waals surface area contributed by atoms with E-state index in [4.69, 9.17) is 9.47 Å². The van der Waals surface area contributed by atoms with E-state index in [1.54, 1.807) is 6.92 Å². The first-order valence-corrected chi connectivity index (χ1v) is 13.5. The fourth-order valence-corrected chi connectivity index (χ4v) is 4.36.